The Bertz CT molecular complexity index is 498. The minimum Gasteiger partial charge on any atom is -0.379 e. The first-order chi connectivity index (χ1) is 9.86. The molecule has 2 aromatic rings. The van der Waals surface area contributed by atoms with Crippen molar-refractivity contribution in [3.63, 3.8) is 0 Å². The zero-order valence-corrected chi connectivity index (χ0v) is 12.1. The molecule has 0 aliphatic rings. The second-order valence-electron chi connectivity index (χ2n) is 4.59. The van der Waals surface area contributed by atoms with Crippen LogP contribution in [0.25, 0.3) is 5.69 Å². The molecule has 5 heteroatoms. The highest BCUT2D eigenvalue weighted by molar-refractivity contribution is 5.32. The van der Waals surface area contributed by atoms with Crippen LogP contribution in [0.5, 0.6) is 0 Å². The average molecular weight is 274 g/mol. The number of benzene rings is 1. The van der Waals surface area contributed by atoms with Gasteiger partial charge in [-0.15, -0.1) is 5.10 Å². The first kappa shape index (κ1) is 14.7. The van der Waals surface area contributed by atoms with Gasteiger partial charge in [-0.05, 0) is 25.1 Å². The monoisotopic (exact) mass is 274 g/mol. The van der Waals surface area contributed by atoms with Crippen molar-refractivity contribution < 1.29 is 4.74 Å². The highest BCUT2D eigenvalue weighted by Gasteiger charge is 2.17. The summed E-state index contributed by atoms with van der Waals surface area (Å²) >= 11 is 0. The highest BCUT2D eigenvalue weighted by atomic mass is 16.5. The molecule has 1 heterocycles. The van der Waals surface area contributed by atoms with E-state index >= 15 is 0 Å². The Labute approximate surface area is 120 Å². The number of para-hydroxylation sites is 1. The normalized spacial score (nSPS) is 12.5. The Morgan fingerprint density at radius 2 is 2.05 bits per heavy atom. The van der Waals surface area contributed by atoms with E-state index in [0.717, 1.165) is 31.0 Å². The van der Waals surface area contributed by atoms with Gasteiger partial charge in [0.05, 0.1) is 30.2 Å². The molecule has 108 valence electrons. The van der Waals surface area contributed by atoms with Crippen LogP contribution in [0.4, 0.5) is 0 Å². The molecule has 1 N–H and O–H groups in total. The maximum Gasteiger partial charge on any atom is 0.0838 e. The summed E-state index contributed by atoms with van der Waals surface area (Å²) in [5.41, 5.74) is 2.03. The van der Waals surface area contributed by atoms with Crippen molar-refractivity contribution in [3.05, 3.63) is 42.2 Å². The van der Waals surface area contributed by atoms with Crippen LogP contribution in [0.3, 0.4) is 0 Å². The van der Waals surface area contributed by atoms with Gasteiger partial charge in [-0.1, -0.05) is 37.3 Å². The summed E-state index contributed by atoms with van der Waals surface area (Å²) in [7, 11) is 0. The fraction of sp³-hybridized carbons (Fsp3) is 0.467. The summed E-state index contributed by atoms with van der Waals surface area (Å²) in [6.45, 7) is 6.47. The molecule has 0 amide bonds. The van der Waals surface area contributed by atoms with E-state index in [1.807, 2.05) is 35.0 Å². The first-order valence-electron chi connectivity index (χ1n) is 7.14. The van der Waals surface area contributed by atoms with Crippen LogP contribution in [0.2, 0.25) is 0 Å². The maximum absolute atomic E-state index is 5.68. The number of aromatic nitrogens is 3. The van der Waals surface area contributed by atoms with Crippen molar-refractivity contribution in [1.82, 2.24) is 20.3 Å². The highest BCUT2D eigenvalue weighted by Crippen LogP contribution is 2.16. The van der Waals surface area contributed by atoms with Gasteiger partial charge < -0.3 is 10.1 Å². The number of rotatable bonds is 8. The topological polar surface area (TPSA) is 52.0 Å². The third-order valence-corrected chi connectivity index (χ3v) is 3.02. The Morgan fingerprint density at radius 1 is 1.25 bits per heavy atom. The number of ether oxygens (including phenoxy) is 1. The Balaban J connectivity index is 2.19. The van der Waals surface area contributed by atoms with E-state index in [4.69, 9.17) is 4.74 Å². The molecule has 0 aliphatic carbocycles. The predicted octanol–water partition coefficient (Wildman–Crippen LogP) is 2.34. The Hall–Kier alpha value is -1.72. The third kappa shape index (κ3) is 3.65. The molecule has 0 aliphatic heterocycles. The zero-order chi connectivity index (χ0) is 14.2. The van der Waals surface area contributed by atoms with E-state index in [0.29, 0.717) is 6.61 Å². The van der Waals surface area contributed by atoms with Gasteiger partial charge in [-0.25, -0.2) is 4.68 Å². The number of hydrogen-bond acceptors (Lipinski definition) is 4. The number of likely N-dealkylation sites (N-methyl/N-ethyl adjacent to an activating group) is 1. The lowest BCUT2D eigenvalue weighted by atomic mass is 10.2. The molecule has 2 rings (SSSR count). The van der Waals surface area contributed by atoms with E-state index in [2.05, 4.69) is 29.5 Å². The second kappa shape index (κ2) is 7.77. The Kier molecular flexibility index (Phi) is 5.70. The number of nitrogens with zero attached hydrogens (tertiary/aromatic N) is 3. The smallest absolute Gasteiger partial charge is 0.0838 e. The third-order valence-electron chi connectivity index (χ3n) is 3.02. The minimum atomic E-state index is 0.0988. The molecule has 0 saturated heterocycles. The summed E-state index contributed by atoms with van der Waals surface area (Å²) < 4.78 is 7.54. The van der Waals surface area contributed by atoms with Gasteiger partial charge in [0.15, 0.2) is 0 Å². The van der Waals surface area contributed by atoms with Crippen LogP contribution in [0.1, 0.15) is 32.0 Å². The molecule has 0 spiro atoms. The van der Waals surface area contributed by atoms with E-state index in [-0.39, 0.29) is 6.04 Å². The van der Waals surface area contributed by atoms with Crippen molar-refractivity contribution in [1.29, 1.82) is 0 Å². The largest absolute Gasteiger partial charge is 0.379 e. The van der Waals surface area contributed by atoms with Gasteiger partial charge in [0.25, 0.3) is 0 Å². The molecule has 1 unspecified atom stereocenters. The summed E-state index contributed by atoms with van der Waals surface area (Å²) in [6, 6.07) is 10.1. The summed E-state index contributed by atoms with van der Waals surface area (Å²) in [5, 5.41) is 11.7. The van der Waals surface area contributed by atoms with Crippen molar-refractivity contribution in [2.75, 3.05) is 19.8 Å². The summed E-state index contributed by atoms with van der Waals surface area (Å²) in [6.07, 6.45) is 2.82. The summed E-state index contributed by atoms with van der Waals surface area (Å²) in [5.74, 6) is 0. The molecule has 0 bridgehead atoms. The second-order valence-corrected chi connectivity index (χ2v) is 4.59. The molecule has 0 saturated carbocycles. The standard InChI is InChI=1S/C15H22N4O/c1-3-10-20-12-14(16-4-2)15-11-17-18-19(15)13-8-6-5-7-9-13/h5-9,11,14,16H,3-4,10,12H2,1-2H3. The Morgan fingerprint density at radius 3 is 2.75 bits per heavy atom. The lowest BCUT2D eigenvalue weighted by Crippen LogP contribution is -2.27. The van der Waals surface area contributed by atoms with Crippen LogP contribution in [-0.2, 0) is 4.74 Å². The lowest BCUT2D eigenvalue weighted by Gasteiger charge is -2.18. The molecule has 0 radical (unpaired) electrons. The fourth-order valence-corrected chi connectivity index (χ4v) is 2.09. The molecule has 20 heavy (non-hydrogen) atoms. The SMILES string of the molecule is CCCOCC(NCC)c1cnnn1-c1ccccc1. The van der Waals surface area contributed by atoms with Gasteiger partial charge in [0, 0.05) is 6.61 Å². The van der Waals surface area contributed by atoms with E-state index < -0.39 is 0 Å². The van der Waals surface area contributed by atoms with Crippen molar-refractivity contribution in [2.24, 2.45) is 0 Å². The van der Waals surface area contributed by atoms with Crippen LogP contribution < -0.4 is 5.32 Å². The van der Waals surface area contributed by atoms with E-state index in [9.17, 15) is 0 Å². The molecule has 1 atom stereocenters. The van der Waals surface area contributed by atoms with Gasteiger partial charge in [-0.2, -0.15) is 0 Å². The van der Waals surface area contributed by atoms with Crippen LogP contribution in [0, 0.1) is 0 Å². The van der Waals surface area contributed by atoms with E-state index in [1.165, 1.54) is 0 Å². The molecular formula is C15H22N4O. The van der Waals surface area contributed by atoms with Gasteiger partial charge in [0.2, 0.25) is 0 Å². The number of hydrogen-bond donors (Lipinski definition) is 1. The van der Waals surface area contributed by atoms with Crippen LogP contribution >= 0.6 is 0 Å². The molecule has 1 aromatic heterocycles. The minimum absolute atomic E-state index is 0.0988. The maximum atomic E-state index is 5.68. The average Bonchev–Trinajstić information content (AvgIpc) is 2.97. The molecule has 0 fully saturated rings. The van der Waals surface area contributed by atoms with Crippen molar-refractivity contribution in [3.8, 4) is 5.69 Å². The van der Waals surface area contributed by atoms with E-state index in [1.54, 1.807) is 6.20 Å². The van der Waals surface area contributed by atoms with Crippen molar-refractivity contribution in [2.45, 2.75) is 26.3 Å². The summed E-state index contributed by atoms with van der Waals surface area (Å²) in [4.78, 5) is 0. The van der Waals surface area contributed by atoms with Crippen LogP contribution in [-0.4, -0.2) is 34.8 Å². The molecule has 1 aromatic carbocycles. The number of nitrogens with one attached hydrogen (secondary N) is 1. The quantitative estimate of drug-likeness (QED) is 0.751. The van der Waals surface area contributed by atoms with Crippen LogP contribution in [0.15, 0.2) is 36.5 Å². The lowest BCUT2D eigenvalue weighted by molar-refractivity contribution is 0.110. The fourth-order valence-electron chi connectivity index (χ4n) is 2.09. The zero-order valence-electron chi connectivity index (χ0n) is 12.1. The first-order valence-corrected chi connectivity index (χ1v) is 7.14. The van der Waals surface area contributed by atoms with Gasteiger partial charge >= 0.3 is 0 Å². The molecule has 5 nitrogen and oxygen atoms in total. The van der Waals surface area contributed by atoms with Gasteiger partial charge in [0.1, 0.15) is 0 Å². The van der Waals surface area contributed by atoms with Crippen molar-refractivity contribution >= 4 is 0 Å². The van der Waals surface area contributed by atoms with Gasteiger partial charge in [-0.3, -0.25) is 0 Å². The predicted molar refractivity (Wildman–Crippen MR) is 78.9 cm³/mol. The molecular weight excluding hydrogens is 252 g/mol.